The van der Waals surface area contributed by atoms with Gasteiger partial charge >= 0.3 is 0 Å². The molecule has 0 fully saturated rings. The molecule has 1 aromatic rings. The summed E-state index contributed by atoms with van der Waals surface area (Å²) in [5.41, 5.74) is 7.71. The van der Waals surface area contributed by atoms with Gasteiger partial charge in [-0.1, -0.05) is 24.3 Å². The van der Waals surface area contributed by atoms with Gasteiger partial charge in [0, 0.05) is 20.6 Å². The predicted octanol–water partition coefficient (Wildman–Crippen LogP) is 1.37. The monoisotopic (exact) mass is 251 g/mol. The van der Waals surface area contributed by atoms with Gasteiger partial charge in [-0.3, -0.25) is 0 Å². The molecule has 1 aliphatic carbocycles. The second-order valence-electron chi connectivity index (χ2n) is 5.11. The summed E-state index contributed by atoms with van der Waals surface area (Å²) < 4.78 is 10.9. The first-order valence-corrected chi connectivity index (χ1v) is 6.11. The molecule has 0 aromatic heterocycles. The molecule has 100 valence electrons. The van der Waals surface area contributed by atoms with Crippen molar-refractivity contribution in [2.75, 3.05) is 14.2 Å². The fourth-order valence-corrected chi connectivity index (χ4v) is 2.72. The number of hydrogen-bond acceptors (Lipinski definition) is 4. The molecule has 0 bridgehead atoms. The molecule has 0 radical (unpaired) electrons. The van der Waals surface area contributed by atoms with Crippen LogP contribution in [-0.4, -0.2) is 30.7 Å². The Morgan fingerprint density at radius 2 is 1.94 bits per heavy atom. The second-order valence-corrected chi connectivity index (χ2v) is 5.11. The second kappa shape index (κ2) is 4.63. The van der Waals surface area contributed by atoms with E-state index in [1.54, 1.807) is 14.2 Å². The summed E-state index contributed by atoms with van der Waals surface area (Å²) in [6.45, 7) is 1.81. The Kier molecular flexibility index (Phi) is 3.47. The topological polar surface area (TPSA) is 64.7 Å². The number of hydrogen-bond donors (Lipinski definition) is 2. The zero-order chi connectivity index (χ0) is 13.4. The maximum absolute atomic E-state index is 10.3. The number of aliphatic hydroxyl groups is 1. The van der Waals surface area contributed by atoms with Gasteiger partial charge in [0.25, 0.3) is 0 Å². The van der Waals surface area contributed by atoms with E-state index in [0.29, 0.717) is 12.8 Å². The summed E-state index contributed by atoms with van der Waals surface area (Å²) in [5, 5.41) is 10.3. The Balaban J connectivity index is 2.40. The van der Waals surface area contributed by atoms with E-state index in [0.717, 1.165) is 11.1 Å². The number of nitrogens with two attached hydrogens (primary N) is 1. The summed E-state index contributed by atoms with van der Waals surface area (Å²) >= 11 is 0. The smallest absolute Gasteiger partial charge is 0.183 e. The first-order chi connectivity index (χ1) is 8.46. The quantitative estimate of drug-likeness (QED) is 0.796. The zero-order valence-corrected chi connectivity index (χ0v) is 11.1. The van der Waals surface area contributed by atoms with E-state index in [2.05, 4.69) is 0 Å². The van der Waals surface area contributed by atoms with E-state index in [4.69, 9.17) is 15.2 Å². The molecule has 3 N–H and O–H groups in total. The molecule has 0 spiro atoms. The van der Waals surface area contributed by atoms with E-state index in [9.17, 15) is 5.11 Å². The highest BCUT2D eigenvalue weighted by molar-refractivity contribution is 5.35. The summed E-state index contributed by atoms with van der Waals surface area (Å²) in [4.78, 5) is 0. The molecule has 2 unspecified atom stereocenters. The summed E-state index contributed by atoms with van der Waals surface area (Å²) in [6, 6.07) is 7.81. The van der Waals surface area contributed by atoms with Crippen LogP contribution in [0.1, 0.15) is 30.6 Å². The minimum Gasteiger partial charge on any atom is -0.388 e. The Morgan fingerprint density at radius 3 is 2.56 bits per heavy atom. The van der Waals surface area contributed by atoms with Crippen molar-refractivity contribution < 1.29 is 14.6 Å². The van der Waals surface area contributed by atoms with Crippen LogP contribution < -0.4 is 5.73 Å². The zero-order valence-electron chi connectivity index (χ0n) is 11.1. The SMILES string of the molecule is COC(C)(OC)C1(N)Cc2ccccc2C(O)C1. The van der Waals surface area contributed by atoms with Gasteiger partial charge in [0.2, 0.25) is 0 Å². The lowest BCUT2D eigenvalue weighted by atomic mass is 9.72. The van der Waals surface area contributed by atoms with E-state index in [-0.39, 0.29) is 0 Å². The van der Waals surface area contributed by atoms with E-state index in [1.807, 2.05) is 31.2 Å². The molecule has 4 heteroatoms. The highest BCUT2D eigenvalue weighted by Crippen LogP contribution is 2.41. The number of methoxy groups -OCH3 is 2. The maximum Gasteiger partial charge on any atom is 0.183 e. The van der Waals surface area contributed by atoms with Crippen LogP contribution in [-0.2, 0) is 15.9 Å². The van der Waals surface area contributed by atoms with Crippen LogP contribution in [0, 0.1) is 0 Å². The Hall–Kier alpha value is -0.940. The van der Waals surface area contributed by atoms with Crippen molar-refractivity contribution in [1.82, 2.24) is 0 Å². The van der Waals surface area contributed by atoms with Crippen LogP contribution in [0.5, 0.6) is 0 Å². The molecule has 0 amide bonds. The van der Waals surface area contributed by atoms with Gasteiger partial charge in [0.05, 0.1) is 11.6 Å². The van der Waals surface area contributed by atoms with E-state index in [1.165, 1.54) is 0 Å². The summed E-state index contributed by atoms with van der Waals surface area (Å²) in [7, 11) is 3.15. The average Bonchev–Trinajstić information content (AvgIpc) is 2.37. The Bertz CT molecular complexity index is 431. The van der Waals surface area contributed by atoms with Crippen LogP contribution >= 0.6 is 0 Å². The van der Waals surface area contributed by atoms with Crippen LogP contribution in [0.25, 0.3) is 0 Å². The van der Waals surface area contributed by atoms with Crippen molar-refractivity contribution in [2.24, 2.45) is 5.73 Å². The molecular formula is C14H21NO3. The van der Waals surface area contributed by atoms with Crippen molar-refractivity contribution in [3.63, 3.8) is 0 Å². The third-order valence-corrected chi connectivity index (χ3v) is 4.16. The van der Waals surface area contributed by atoms with Crippen LogP contribution in [0.4, 0.5) is 0 Å². The first-order valence-electron chi connectivity index (χ1n) is 6.11. The van der Waals surface area contributed by atoms with Crippen LogP contribution in [0.2, 0.25) is 0 Å². The molecule has 1 aliphatic rings. The van der Waals surface area contributed by atoms with Gasteiger partial charge < -0.3 is 20.3 Å². The lowest BCUT2D eigenvalue weighted by molar-refractivity contribution is -0.242. The molecule has 0 aliphatic heterocycles. The number of aliphatic hydroxyl groups excluding tert-OH is 1. The average molecular weight is 251 g/mol. The fraction of sp³-hybridized carbons (Fsp3) is 0.571. The fourth-order valence-electron chi connectivity index (χ4n) is 2.72. The molecule has 1 aromatic carbocycles. The summed E-state index contributed by atoms with van der Waals surface area (Å²) in [6.07, 6.45) is 0.463. The van der Waals surface area contributed by atoms with Crippen LogP contribution in [0.3, 0.4) is 0 Å². The standard InChI is InChI=1S/C14H21NO3/c1-13(17-2,18-3)14(15)8-10-6-4-5-7-11(10)12(16)9-14/h4-7,12,16H,8-9,15H2,1-3H3. The molecule has 0 saturated carbocycles. The Morgan fingerprint density at radius 1 is 1.33 bits per heavy atom. The molecule has 2 atom stereocenters. The first kappa shape index (κ1) is 13.5. The number of benzene rings is 1. The number of rotatable bonds is 3. The lowest BCUT2D eigenvalue weighted by Gasteiger charge is -2.47. The van der Waals surface area contributed by atoms with Gasteiger partial charge in [-0.05, 0) is 24.5 Å². The predicted molar refractivity (Wildman–Crippen MR) is 69.1 cm³/mol. The number of fused-ring (bicyclic) bond motifs is 1. The van der Waals surface area contributed by atoms with Crippen molar-refractivity contribution in [3.8, 4) is 0 Å². The van der Waals surface area contributed by atoms with E-state index < -0.39 is 17.4 Å². The summed E-state index contributed by atoms with van der Waals surface area (Å²) in [5.74, 6) is -0.915. The highest BCUT2D eigenvalue weighted by atomic mass is 16.7. The van der Waals surface area contributed by atoms with Gasteiger partial charge in [0.1, 0.15) is 0 Å². The normalized spacial score (nSPS) is 27.9. The van der Waals surface area contributed by atoms with Crippen molar-refractivity contribution >= 4 is 0 Å². The molecule has 4 nitrogen and oxygen atoms in total. The Labute approximate surface area is 108 Å². The van der Waals surface area contributed by atoms with E-state index >= 15 is 0 Å². The molecular weight excluding hydrogens is 230 g/mol. The number of ether oxygens (including phenoxy) is 2. The molecule has 0 saturated heterocycles. The lowest BCUT2D eigenvalue weighted by Crippen LogP contribution is -2.64. The third kappa shape index (κ3) is 1.95. The minimum absolute atomic E-state index is 0.419. The van der Waals surface area contributed by atoms with Gasteiger partial charge in [-0.25, -0.2) is 0 Å². The van der Waals surface area contributed by atoms with Crippen molar-refractivity contribution in [3.05, 3.63) is 35.4 Å². The molecule has 2 rings (SSSR count). The van der Waals surface area contributed by atoms with Gasteiger partial charge in [0.15, 0.2) is 5.79 Å². The van der Waals surface area contributed by atoms with Gasteiger partial charge in [-0.2, -0.15) is 0 Å². The largest absolute Gasteiger partial charge is 0.388 e. The van der Waals surface area contributed by atoms with Crippen molar-refractivity contribution in [1.29, 1.82) is 0 Å². The third-order valence-electron chi connectivity index (χ3n) is 4.16. The molecule has 0 heterocycles. The van der Waals surface area contributed by atoms with Crippen molar-refractivity contribution in [2.45, 2.75) is 37.2 Å². The molecule has 18 heavy (non-hydrogen) atoms. The highest BCUT2D eigenvalue weighted by Gasteiger charge is 2.50. The minimum atomic E-state index is -0.915. The maximum atomic E-state index is 10.3. The van der Waals surface area contributed by atoms with Crippen LogP contribution in [0.15, 0.2) is 24.3 Å². The van der Waals surface area contributed by atoms with Gasteiger partial charge in [-0.15, -0.1) is 0 Å².